The molecule has 0 spiro atoms. The third-order valence-corrected chi connectivity index (χ3v) is 3.74. The van der Waals surface area contributed by atoms with E-state index in [1.165, 1.54) is 31.4 Å². The fourth-order valence-corrected chi connectivity index (χ4v) is 2.23. The number of hydrogen-bond donors (Lipinski definition) is 1. The molecule has 2 aromatic carbocycles. The second-order valence-electron chi connectivity index (χ2n) is 5.68. The number of nitro groups is 1. The summed E-state index contributed by atoms with van der Waals surface area (Å²) in [6.07, 6.45) is 0. The Bertz CT molecular complexity index is 913. The van der Waals surface area contributed by atoms with Crippen molar-refractivity contribution in [2.75, 3.05) is 19.0 Å². The van der Waals surface area contributed by atoms with Gasteiger partial charge in [0, 0.05) is 17.8 Å². The van der Waals surface area contributed by atoms with Gasteiger partial charge in [0.05, 0.1) is 17.6 Å². The Balaban J connectivity index is 2.04. The number of halogens is 1. The molecule has 0 atom stereocenters. The van der Waals surface area contributed by atoms with Crippen LogP contribution in [0.15, 0.2) is 30.3 Å². The molecule has 0 saturated carbocycles. The predicted octanol–water partition coefficient (Wildman–Crippen LogP) is 3.15. The molecule has 27 heavy (non-hydrogen) atoms. The lowest BCUT2D eigenvalue weighted by Gasteiger charge is -2.11. The summed E-state index contributed by atoms with van der Waals surface area (Å²) in [7, 11) is 1.27. The van der Waals surface area contributed by atoms with Gasteiger partial charge in [-0.2, -0.15) is 0 Å². The van der Waals surface area contributed by atoms with Crippen molar-refractivity contribution in [1.29, 1.82) is 0 Å². The lowest BCUT2D eigenvalue weighted by Crippen LogP contribution is -2.21. The molecule has 0 aliphatic rings. The molecule has 0 fully saturated rings. The van der Waals surface area contributed by atoms with Gasteiger partial charge < -0.3 is 14.8 Å². The van der Waals surface area contributed by atoms with Crippen molar-refractivity contribution < 1.29 is 28.4 Å². The van der Waals surface area contributed by atoms with Crippen LogP contribution in [0.3, 0.4) is 0 Å². The minimum Gasteiger partial charge on any atom is -0.490 e. The van der Waals surface area contributed by atoms with Gasteiger partial charge in [-0.1, -0.05) is 6.07 Å². The van der Waals surface area contributed by atoms with Crippen LogP contribution in [0.1, 0.15) is 21.5 Å². The van der Waals surface area contributed by atoms with Crippen molar-refractivity contribution in [3.8, 4) is 5.75 Å². The number of nitrogens with zero attached hydrogens (tertiary/aromatic N) is 1. The average Bonchev–Trinajstić information content (AvgIpc) is 2.63. The van der Waals surface area contributed by atoms with Gasteiger partial charge in [0.25, 0.3) is 5.91 Å². The summed E-state index contributed by atoms with van der Waals surface area (Å²) < 4.78 is 23.3. The Morgan fingerprint density at radius 2 is 1.89 bits per heavy atom. The zero-order chi connectivity index (χ0) is 20.1. The van der Waals surface area contributed by atoms with Crippen LogP contribution >= 0.6 is 0 Å². The third-order valence-electron chi connectivity index (χ3n) is 3.74. The first-order chi connectivity index (χ1) is 12.7. The molecule has 0 radical (unpaired) electrons. The predicted molar refractivity (Wildman–Crippen MR) is 94.4 cm³/mol. The Labute approximate surface area is 154 Å². The summed E-state index contributed by atoms with van der Waals surface area (Å²) in [5, 5.41) is 13.5. The number of nitro benzene ring substituents is 1. The number of ether oxygens (including phenoxy) is 2. The Morgan fingerprint density at radius 3 is 2.48 bits per heavy atom. The fraction of sp³-hybridized carbons (Fsp3) is 0.222. The van der Waals surface area contributed by atoms with E-state index in [9.17, 15) is 24.1 Å². The highest BCUT2D eigenvalue weighted by Gasteiger charge is 2.19. The molecule has 2 rings (SSSR count). The van der Waals surface area contributed by atoms with Crippen molar-refractivity contribution in [1.82, 2.24) is 0 Å². The second-order valence-corrected chi connectivity index (χ2v) is 5.68. The SMILES string of the molecule is COc1cc(NC(=O)COC(=O)c2ccc(C)c(F)c2)c(C)cc1[N+](=O)[O-]. The van der Waals surface area contributed by atoms with Crippen LogP contribution in [0.4, 0.5) is 15.8 Å². The molecular formula is C18H17FN2O6. The summed E-state index contributed by atoms with van der Waals surface area (Å²) in [4.78, 5) is 34.3. The monoisotopic (exact) mass is 376 g/mol. The lowest BCUT2D eigenvalue weighted by atomic mass is 10.1. The highest BCUT2D eigenvalue weighted by atomic mass is 19.1. The molecule has 0 unspecified atom stereocenters. The number of methoxy groups -OCH3 is 1. The largest absolute Gasteiger partial charge is 0.490 e. The van der Waals surface area contributed by atoms with Gasteiger partial charge in [-0.15, -0.1) is 0 Å². The normalized spacial score (nSPS) is 10.2. The van der Waals surface area contributed by atoms with E-state index in [1.54, 1.807) is 13.8 Å². The first-order valence-electron chi connectivity index (χ1n) is 7.79. The van der Waals surface area contributed by atoms with Gasteiger partial charge in [0.2, 0.25) is 0 Å². The zero-order valence-electron chi connectivity index (χ0n) is 14.9. The summed E-state index contributed by atoms with van der Waals surface area (Å²) in [6, 6.07) is 6.42. The molecule has 0 aliphatic carbocycles. The van der Waals surface area contributed by atoms with Crippen LogP contribution in [0.25, 0.3) is 0 Å². The smallest absolute Gasteiger partial charge is 0.338 e. The van der Waals surface area contributed by atoms with E-state index in [1.807, 2.05) is 0 Å². The van der Waals surface area contributed by atoms with Crippen molar-refractivity contribution in [3.05, 3.63) is 63.0 Å². The van der Waals surface area contributed by atoms with Gasteiger partial charge >= 0.3 is 11.7 Å². The molecule has 8 nitrogen and oxygen atoms in total. The van der Waals surface area contributed by atoms with E-state index in [0.717, 1.165) is 6.07 Å². The molecule has 0 heterocycles. The highest BCUT2D eigenvalue weighted by molar-refractivity contribution is 5.96. The van der Waals surface area contributed by atoms with Gasteiger partial charge in [0.1, 0.15) is 5.82 Å². The number of anilines is 1. The summed E-state index contributed by atoms with van der Waals surface area (Å²) in [5.41, 5.74) is 0.842. The van der Waals surface area contributed by atoms with Crippen molar-refractivity contribution >= 4 is 23.3 Å². The van der Waals surface area contributed by atoms with E-state index < -0.39 is 29.2 Å². The van der Waals surface area contributed by atoms with Crippen LogP contribution in [-0.4, -0.2) is 30.5 Å². The topological polar surface area (TPSA) is 108 Å². The lowest BCUT2D eigenvalue weighted by molar-refractivity contribution is -0.385. The van der Waals surface area contributed by atoms with E-state index in [0.29, 0.717) is 11.1 Å². The minimum absolute atomic E-state index is 0.0147. The number of carbonyl (C=O) groups is 2. The maximum Gasteiger partial charge on any atom is 0.338 e. The van der Waals surface area contributed by atoms with Crippen LogP contribution in [0.5, 0.6) is 5.75 Å². The Kier molecular flexibility index (Phi) is 6.07. The van der Waals surface area contributed by atoms with Crippen LogP contribution in [0, 0.1) is 29.8 Å². The Hall–Kier alpha value is -3.49. The number of carbonyl (C=O) groups excluding carboxylic acids is 2. The van der Waals surface area contributed by atoms with E-state index in [4.69, 9.17) is 9.47 Å². The molecule has 1 N–H and O–H groups in total. The number of esters is 1. The molecule has 0 saturated heterocycles. The number of amides is 1. The van der Waals surface area contributed by atoms with Gasteiger partial charge in [0.15, 0.2) is 12.4 Å². The maximum absolute atomic E-state index is 13.5. The van der Waals surface area contributed by atoms with E-state index in [-0.39, 0.29) is 22.7 Å². The summed E-state index contributed by atoms with van der Waals surface area (Å²) in [5.74, 6) is -2.08. The Morgan fingerprint density at radius 1 is 1.19 bits per heavy atom. The van der Waals surface area contributed by atoms with E-state index in [2.05, 4.69) is 5.32 Å². The summed E-state index contributed by atoms with van der Waals surface area (Å²) >= 11 is 0. The third kappa shape index (κ3) is 4.78. The molecule has 9 heteroatoms. The average molecular weight is 376 g/mol. The molecule has 0 aromatic heterocycles. The first kappa shape index (κ1) is 19.8. The zero-order valence-corrected chi connectivity index (χ0v) is 14.9. The quantitative estimate of drug-likeness (QED) is 0.471. The molecule has 142 valence electrons. The van der Waals surface area contributed by atoms with Crippen LogP contribution in [-0.2, 0) is 9.53 Å². The van der Waals surface area contributed by atoms with E-state index >= 15 is 0 Å². The first-order valence-corrected chi connectivity index (χ1v) is 7.79. The number of rotatable bonds is 6. The van der Waals surface area contributed by atoms with Gasteiger partial charge in [-0.05, 0) is 37.1 Å². The number of nitrogens with one attached hydrogen (secondary N) is 1. The maximum atomic E-state index is 13.5. The summed E-state index contributed by atoms with van der Waals surface area (Å²) in [6.45, 7) is 2.52. The standard InChI is InChI=1S/C18H17FN2O6/c1-10-4-5-12(7-13(10)19)18(23)27-9-17(22)20-14-8-16(26-3)15(21(24)25)6-11(14)2/h4-8H,9H2,1-3H3,(H,20,22). The van der Waals surface area contributed by atoms with Crippen molar-refractivity contribution in [3.63, 3.8) is 0 Å². The fourth-order valence-electron chi connectivity index (χ4n) is 2.23. The minimum atomic E-state index is -0.845. The number of hydrogen-bond acceptors (Lipinski definition) is 6. The molecule has 2 aromatic rings. The van der Waals surface area contributed by atoms with Crippen LogP contribution < -0.4 is 10.1 Å². The van der Waals surface area contributed by atoms with Gasteiger partial charge in [-0.3, -0.25) is 14.9 Å². The molecule has 1 amide bonds. The number of benzene rings is 2. The molecular weight excluding hydrogens is 359 g/mol. The molecule has 0 aliphatic heterocycles. The van der Waals surface area contributed by atoms with Gasteiger partial charge in [-0.25, -0.2) is 9.18 Å². The number of aryl methyl sites for hydroxylation is 2. The molecule has 0 bridgehead atoms. The van der Waals surface area contributed by atoms with Crippen molar-refractivity contribution in [2.24, 2.45) is 0 Å². The highest BCUT2D eigenvalue weighted by Crippen LogP contribution is 2.32. The second kappa shape index (κ2) is 8.26. The van der Waals surface area contributed by atoms with Crippen molar-refractivity contribution in [2.45, 2.75) is 13.8 Å². The van der Waals surface area contributed by atoms with Crippen LogP contribution in [0.2, 0.25) is 0 Å².